The molecule has 0 rings (SSSR count). The van der Waals surface area contributed by atoms with E-state index in [-0.39, 0.29) is 6.61 Å². The molecule has 0 aliphatic carbocycles. The van der Waals surface area contributed by atoms with Gasteiger partial charge in [0.15, 0.2) is 6.29 Å². The van der Waals surface area contributed by atoms with Crippen LogP contribution in [0.1, 0.15) is 27.7 Å². The van der Waals surface area contributed by atoms with E-state index in [9.17, 15) is 8.42 Å². The monoisotopic (exact) mass is 254 g/mol. The summed E-state index contributed by atoms with van der Waals surface area (Å²) >= 11 is 0. The van der Waals surface area contributed by atoms with Crippen molar-refractivity contribution < 1.29 is 22.1 Å². The first-order valence-corrected chi connectivity index (χ1v) is 7.12. The molecule has 0 N–H and O–H groups in total. The minimum Gasteiger partial charge on any atom is -0.352 e. The lowest BCUT2D eigenvalue weighted by Crippen LogP contribution is -2.39. The summed E-state index contributed by atoms with van der Waals surface area (Å²) in [6, 6.07) is 0. The predicted molar refractivity (Wildman–Crippen MR) is 61.6 cm³/mol. The molecule has 6 heteroatoms. The van der Waals surface area contributed by atoms with Crippen molar-refractivity contribution in [2.75, 3.05) is 26.1 Å². The molecule has 98 valence electrons. The van der Waals surface area contributed by atoms with Gasteiger partial charge in [0.1, 0.15) is 0 Å². The summed E-state index contributed by atoms with van der Waals surface area (Å²) in [5, 5.41) is 0. The summed E-state index contributed by atoms with van der Waals surface area (Å²) in [5.41, 5.74) is -0.519. The van der Waals surface area contributed by atoms with Crippen LogP contribution in [0.2, 0.25) is 0 Å². The zero-order valence-electron chi connectivity index (χ0n) is 10.6. The Morgan fingerprint density at radius 1 is 1.12 bits per heavy atom. The van der Waals surface area contributed by atoms with E-state index in [2.05, 4.69) is 0 Å². The number of ether oxygens (including phenoxy) is 2. The summed E-state index contributed by atoms with van der Waals surface area (Å²) in [7, 11) is -3.43. The van der Waals surface area contributed by atoms with Crippen LogP contribution in [0.4, 0.5) is 0 Å². The van der Waals surface area contributed by atoms with Gasteiger partial charge in [-0.15, -0.1) is 0 Å². The first kappa shape index (κ1) is 15.8. The van der Waals surface area contributed by atoms with Crippen molar-refractivity contribution in [1.29, 1.82) is 0 Å². The molecule has 5 nitrogen and oxygen atoms in total. The van der Waals surface area contributed by atoms with Crippen LogP contribution in [0.3, 0.4) is 0 Å². The quantitative estimate of drug-likeness (QED) is 0.484. The lowest BCUT2D eigenvalue weighted by molar-refractivity contribution is -0.200. The van der Waals surface area contributed by atoms with E-state index in [0.29, 0.717) is 13.2 Å². The largest absolute Gasteiger partial charge is 0.352 e. The van der Waals surface area contributed by atoms with Crippen LogP contribution in [-0.2, 0) is 23.8 Å². The van der Waals surface area contributed by atoms with E-state index in [1.807, 2.05) is 27.7 Å². The van der Waals surface area contributed by atoms with Gasteiger partial charge in [-0.25, -0.2) is 0 Å². The molecule has 0 aromatic carbocycles. The summed E-state index contributed by atoms with van der Waals surface area (Å²) in [6.45, 7) is 8.46. The molecule has 0 bridgehead atoms. The topological polar surface area (TPSA) is 61.8 Å². The Hall–Kier alpha value is -0.170. The molecular formula is C10H22O5S. The highest BCUT2D eigenvalue weighted by atomic mass is 32.2. The Kier molecular flexibility index (Phi) is 6.47. The molecule has 0 heterocycles. The minimum absolute atomic E-state index is 0.0382. The highest BCUT2D eigenvalue weighted by Crippen LogP contribution is 2.25. The summed E-state index contributed by atoms with van der Waals surface area (Å²) < 4.78 is 37.4. The molecule has 0 fully saturated rings. The van der Waals surface area contributed by atoms with Gasteiger partial charge in [0.2, 0.25) is 0 Å². The average Bonchev–Trinajstić information content (AvgIpc) is 2.14. The van der Waals surface area contributed by atoms with Crippen molar-refractivity contribution in [3.63, 3.8) is 0 Å². The maximum absolute atomic E-state index is 10.9. The molecule has 0 unspecified atom stereocenters. The SMILES string of the molecule is CCOC(OCC)C(C)(C)COS(C)(=O)=O. The summed E-state index contributed by atoms with van der Waals surface area (Å²) in [6.07, 6.45) is 0.559. The molecule has 0 aromatic heterocycles. The van der Waals surface area contributed by atoms with Crippen molar-refractivity contribution in [2.24, 2.45) is 5.41 Å². The zero-order valence-corrected chi connectivity index (χ0v) is 11.5. The molecular weight excluding hydrogens is 232 g/mol. The van der Waals surface area contributed by atoms with Gasteiger partial charge in [0, 0.05) is 18.6 Å². The molecule has 0 aliphatic rings. The van der Waals surface area contributed by atoms with Gasteiger partial charge in [-0.05, 0) is 13.8 Å². The van der Waals surface area contributed by atoms with E-state index >= 15 is 0 Å². The molecule has 0 saturated carbocycles. The van der Waals surface area contributed by atoms with Crippen molar-refractivity contribution in [3.8, 4) is 0 Å². The Morgan fingerprint density at radius 2 is 1.56 bits per heavy atom. The molecule has 16 heavy (non-hydrogen) atoms. The third-order valence-corrected chi connectivity index (χ3v) is 2.47. The van der Waals surface area contributed by atoms with Gasteiger partial charge in [-0.3, -0.25) is 4.18 Å². The van der Waals surface area contributed by atoms with Gasteiger partial charge in [0.25, 0.3) is 10.1 Å². The van der Waals surface area contributed by atoms with E-state index in [1.165, 1.54) is 0 Å². The lowest BCUT2D eigenvalue weighted by atomic mass is 9.94. The number of hydrogen-bond donors (Lipinski definition) is 0. The fourth-order valence-corrected chi connectivity index (χ4v) is 1.65. The van der Waals surface area contributed by atoms with Crippen LogP contribution < -0.4 is 0 Å². The fraction of sp³-hybridized carbons (Fsp3) is 1.00. The zero-order chi connectivity index (χ0) is 12.8. The van der Waals surface area contributed by atoms with Gasteiger partial charge in [-0.1, -0.05) is 13.8 Å². The second-order valence-electron chi connectivity index (χ2n) is 4.20. The smallest absolute Gasteiger partial charge is 0.264 e. The maximum atomic E-state index is 10.9. The standard InChI is InChI=1S/C10H22O5S/c1-6-13-9(14-7-2)10(3,4)8-15-16(5,11)12/h9H,6-8H2,1-5H3. The number of rotatable bonds is 8. The third-order valence-electron chi connectivity index (χ3n) is 1.92. The Bertz CT molecular complexity index is 278. The van der Waals surface area contributed by atoms with Crippen molar-refractivity contribution in [1.82, 2.24) is 0 Å². The normalized spacial score (nSPS) is 13.4. The van der Waals surface area contributed by atoms with E-state index < -0.39 is 21.8 Å². The minimum atomic E-state index is -3.43. The lowest BCUT2D eigenvalue weighted by Gasteiger charge is -2.32. The third kappa shape index (κ3) is 6.42. The molecule has 0 radical (unpaired) electrons. The van der Waals surface area contributed by atoms with Crippen molar-refractivity contribution in [2.45, 2.75) is 34.0 Å². The van der Waals surface area contributed by atoms with Gasteiger partial charge in [0.05, 0.1) is 12.9 Å². The second kappa shape index (κ2) is 6.54. The van der Waals surface area contributed by atoms with Crippen LogP contribution in [0.25, 0.3) is 0 Å². The van der Waals surface area contributed by atoms with E-state index in [0.717, 1.165) is 6.26 Å². The molecule has 0 aromatic rings. The first-order chi connectivity index (χ1) is 7.23. The summed E-state index contributed by atoms with van der Waals surface area (Å²) in [4.78, 5) is 0. The molecule has 0 spiro atoms. The maximum Gasteiger partial charge on any atom is 0.264 e. The van der Waals surface area contributed by atoms with Crippen molar-refractivity contribution in [3.05, 3.63) is 0 Å². The molecule has 0 atom stereocenters. The van der Waals surface area contributed by atoms with Crippen LogP contribution in [0.15, 0.2) is 0 Å². The molecule has 0 aliphatic heterocycles. The van der Waals surface area contributed by atoms with Crippen LogP contribution in [0.5, 0.6) is 0 Å². The van der Waals surface area contributed by atoms with Crippen LogP contribution in [-0.4, -0.2) is 40.8 Å². The molecule has 0 amide bonds. The second-order valence-corrected chi connectivity index (χ2v) is 5.84. The summed E-state index contributed by atoms with van der Waals surface area (Å²) in [5.74, 6) is 0. The molecule has 0 saturated heterocycles. The highest BCUT2D eigenvalue weighted by Gasteiger charge is 2.32. The number of hydrogen-bond acceptors (Lipinski definition) is 5. The van der Waals surface area contributed by atoms with Gasteiger partial charge in [-0.2, -0.15) is 8.42 Å². The first-order valence-electron chi connectivity index (χ1n) is 5.30. The fourth-order valence-electron chi connectivity index (χ4n) is 1.13. The average molecular weight is 254 g/mol. The Balaban J connectivity index is 4.45. The van der Waals surface area contributed by atoms with E-state index in [1.54, 1.807) is 0 Å². The van der Waals surface area contributed by atoms with Crippen LogP contribution >= 0.6 is 0 Å². The predicted octanol–water partition coefficient (Wildman–Crippen LogP) is 1.39. The Labute approximate surface area is 98.2 Å². The Morgan fingerprint density at radius 3 is 1.88 bits per heavy atom. The van der Waals surface area contributed by atoms with Crippen LogP contribution in [0, 0.1) is 5.41 Å². The van der Waals surface area contributed by atoms with Gasteiger partial charge >= 0.3 is 0 Å². The van der Waals surface area contributed by atoms with Crippen molar-refractivity contribution >= 4 is 10.1 Å². The van der Waals surface area contributed by atoms with Gasteiger partial charge < -0.3 is 9.47 Å². The highest BCUT2D eigenvalue weighted by molar-refractivity contribution is 7.85. The van der Waals surface area contributed by atoms with E-state index in [4.69, 9.17) is 13.7 Å².